The first-order valence-corrected chi connectivity index (χ1v) is 8.55. The van der Waals surface area contributed by atoms with E-state index in [4.69, 9.17) is 30.5 Å². The Morgan fingerprint density at radius 2 is 1.96 bits per heavy atom. The van der Waals surface area contributed by atoms with Crippen LogP contribution in [0.25, 0.3) is 15.8 Å². The number of hydrogen-bond acceptors (Lipinski definition) is 6. The van der Waals surface area contributed by atoms with Gasteiger partial charge in [-0.15, -0.1) is 0 Å². The Kier molecular flexibility index (Phi) is 4.28. The van der Waals surface area contributed by atoms with Gasteiger partial charge in [0.2, 0.25) is 5.76 Å². The van der Waals surface area contributed by atoms with Crippen LogP contribution in [0.2, 0.25) is 0 Å². The number of hydrogen-bond donors (Lipinski definition) is 0. The summed E-state index contributed by atoms with van der Waals surface area (Å²) in [4.78, 5) is 24.3. The second-order valence-electron chi connectivity index (χ2n) is 6.02. The number of esters is 2. The molecule has 0 bridgehead atoms. The van der Waals surface area contributed by atoms with Crippen LogP contribution in [0.1, 0.15) is 5.56 Å². The summed E-state index contributed by atoms with van der Waals surface area (Å²) in [5.74, 6) is -0.997. The molecule has 0 saturated heterocycles. The van der Waals surface area contributed by atoms with E-state index in [1.165, 1.54) is 14.2 Å². The largest absolute Gasteiger partial charge is 0.489 e. The maximum absolute atomic E-state index is 12.2. The number of cyclic esters (lactones) is 1. The van der Waals surface area contributed by atoms with Crippen molar-refractivity contribution in [2.24, 2.45) is 0 Å². The number of halogens is 1. The molecular formula is C20H15ClO6. The lowest BCUT2D eigenvalue weighted by molar-refractivity contribution is -0.141. The van der Waals surface area contributed by atoms with Gasteiger partial charge in [0.15, 0.2) is 6.10 Å². The molecular weight excluding hydrogens is 372 g/mol. The van der Waals surface area contributed by atoms with E-state index in [-0.39, 0.29) is 17.9 Å². The van der Waals surface area contributed by atoms with Crippen molar-refractivity contribution in [1.29, 1.82) is 0 Å². The third-order valence-electron chi connectivity index (χ3n) is 4.61. The Hall–Kier alpha value is -2.99. The van der Waals surface area contributed by atoms with Crippen LogP contribution >= 0.6 is 11.6 Å². The maximum atomic E-state index is 12.2. The minimum atomic E-state index is -1.02. The van der Waals surface area contributed by atoms with E-state index >= 15 is 0 Å². The maximum Gasteiger partial charge on any atom is 0.375 e. The van der Waals surface area contributed by atoms with E-state index in [1.54, 1.807) is 0 Å². The number of rotatable bonds is 3. The summed E-state index contributed by atoms with van der Waals surface area (Å²) in [6, 6.07) is 11.6. The monoisotopic (exact) mass is 386 g/mol. The van der Waals surface area contributed by atoms with Gasteiger partial charge in [-0.05, 0) is 11.5 Å². The predicted molar refractivity (Wildman–Crippen MR) is 98.1 cm³/mol. The average molecular weight is 387 g/mol. The average Bonchev–Trinajstić information content (AvgIpc) is 3.03. The molecule has 2 aliphatic heterocycles. The molecule has 2 aliphatic rings. The fourth-order valence-electron chi connectivity index (χ4n) is 3.35. The second-order valence-corrected chi connectivity index (χ2v) is 6.39. The Morgan fingerprint density at radius 1 is 1.19 bits per heavy atom. The fraction of sp³-hybridized carbons (Fsp3) is 0.200. The summed E-state index contributed by atoms with van der Waals surface area (Å²) in [5.41, 5.74) is 1.11. The summed E-state index contributed by atoms with van der Waals surface area (Å²) in [7, 11) is 2.51. The van der Waals surface area contributed by atoms with Crippen LogP contribution in [0, 0.1) is 0 Å². The van der Waals surface area contributed by atoms with Gasteiger partial charge in [0, 0.05) is 16.5 Å². The highest BCUT2D eigenvalue weighted by Gasteiger charge is 2.44. The Labute approximate surface area is 159 Å². The van der Waals surface area contributed by atoms with E-state index in [0.717, 1.165) is 10.8 Å². The minimum Gasteiger partial charge on any atom is -0.489 e. The third-order valence-corrected chi connectivity index (χ3v) is 5.06. The first kappa shape index (κ1) is 17.4. The minimum absolute atomic E-state index is 0.0222. The molecule has 2 aromatic carbocycles. The SMILES string of the molecule is COC(=O)C1=C(OC)C(=O)OC1C1=C(Cl)c2ccc3ccccc3c2OC1. The van der Waals surface area contributed by atoms with Gasteiger partial charge >= 0.3 is 11.9 Å². The van der Waals surface area contributed by atoms with Crippen LogP contribution in [0.15, 0.2) is 53.3 Å². The van der Waals surface area contributed by atoms with Crippen LogP contribution in [-0.4, -0.2) is 38.9 Å². The van der Waals surface area contributed by atoms with E-state index < -0.39 is 18.0 Å². The molecule has 7 heteroatoms. The molecule has 6 nitrogen and oxygen atoms in total. The molecule has 1 unspecified atom stereocenters. The number of ether oxygens (including phenoxy) is 4. The Morgan fingerprint density at radius 3 is 2.70 bits per heavy atom. The third kappa shape index (κ3) is 2.64. The summed E-state index contributed by atoms with van der Waals surface area (Å²) in [6.45, 7) is 0.0648. The van der Waals surface area contributed by atoms with Gasteiger partial charge in [-0.25, -0.2) is 9.59 Å². The van der Waals surface area contributed by atoms with Crippen molar-refractivity contribution < 1.29 is 28.5 Å². The standard InChI is InChI=1S/C20H15ClO6/c1-24-18-14(19(22)25-2)17(27-20(18)23)13-9-26-16-11-6-4-3-5-10(11)7-8-12(16)15(13)21/h3-8,17H,9H2,1-2H3. The number of carbonyl (C=O) groups is 2. The molecule has 4 rings (SSSR count). The van der Waals surface area contributed by atoms with Gasteiger partial charge in [-0.3, -0.25) is 0 Å². The van der Waals surface area contributed by atoms with Gasteiger partial charge in [0.25, 0.3) is 0 Å². The first-order chi connectivity index (χ1) is 13.1. The van der Waals surface area contributed by atoms with E-state index in [2.05, 4.69) is 0 Å². The summed E-state index contributed by atoms with van der Waals surface area (Å²) < 4.78 is 21.1. The highest BCUT2D eigenvalue weighted by Crippen LogP contribution is 2.43. The van der Waals surface area contributed by atoms with Gasteiger partial charge < -0.3 is 18.9 Å². The first-order valence-electron chi connectivity index (χ1n) is 8.17. The topological polar surface area (TPSA) is 71.1 Å². The van der Waals surface area contributed by atoms with Crippen molar-refractivity contribution in [3.8, 4) is 5.75 Å². The highest BCUT2D eigenvalue weighted by atomic mass is 35.5. The predicted octanol–water partition coefficient (Wildman–Crippen LogP) is 3.18. The molecule has 0 saturated carbocycles. The molecule has 2 aromatic rings. The highest BCUT2D eigenvalue weighted by molar-refractivity contribution is 6.50. The van der Waals surface area contributed by atoms with Gasteiger partial charge in [-0.2, -0.15) is 0 Å². The number of fused-ring (bicyclic) bond motifs is 3. The van der Waals surface area contributed by atoms with Crippen molar-refractivity contribution in [1.82, 2.24) is 0 Å². The van der Waals surface area contributed by atoms with Crippen molar-refractivity contribution in [3.05, 3.63) is 58.9 Å². The van der Waals surface area contributed by atoms with Crippen molar-refractivity contribution in [2.75, 3.05) is 20.8 Å². The second kappa shape index (κ2) is 6.63. The molecule has 2 heterocycles. The van der Waals surface area contributed by atoms with Crippen molar-refractivity contribution >= 4 is 39.3 Å². The molecule has 138 valence electrons. The zero-order chi connectivity index (χ0) is 19.1. The molecule has 0 N–H and O–H groups in total. The zero-order valence-electron chi connectivity index (χ0n) is 14.6. The van der Waals surface area contributed by atoms with Crippen LogP contribution in [0.4, 0.5) is 0 Å². The molecule has 0 fully saturated rings. The van der Waals surface area contributed by atoms with Crippen molar-refractivity contribution in [3.63, 3.8) is 0 Å². The lowest BCUT2D eigenvalue weighted by Crippen LogP contribution is -2.26. The smallest absolute Gasteiger partial charge is 0.375 e. The summed E-state index contributed by atoms with van der Waals surface area (Å²) in [6.07, 6.45) is -1.02. The van der Waals surface area contributed by atoms with E-state index in [9.17, 15) is 9.59 Å². The Bertz CT molecular complexity index is 1040. The summed E-state index contributed by atoms with van der Waals surface area (Å²) >= 11 is 6.64. The van der Waals surface area contributed by atoms with Crippen LogP contribution in [0.5, 0.6) is 5.75 Å². The normalized spacial score (nSPS) is 18.9. The van der Waals surface area contributed by atoms with Gasteiger partial charge in [-0.1, -0.05) is 41.9 Å². The molecule has 0 amide bonds. The molecule has 27 heavy (non-hydrogen) atoms. The lowest BCUT2D eigenvalue weighted by Gasteiger charge is -2.25. The lowest BCUT2D eigenvalue weighted by atomic mass is 9.96. The van der Waals surface area contributed by atoms with Crippen molar-refractivity contribution in [2.45, 2.75) is 6.10 Å². The zero-order valence-corrected chi connectivity index (χ0v) is 15.3. The molecule has 0 spiro atoms. The quantitative estimate of drug-likeness (QED) is 0.754. The van der Waals surface area contributed by atoms with Crippen LogP contribution in [-0.2, 0) is 23.8 Å². The molecule has 0 aromatic heterocycles. The number of carbonyl (C=O) groups excluding carboxylic acids is 2. The number of methoxy groups -OCH3 is 2. The van der Waals surface area contributed by atoms with Crippen LogP contribution in [0.3, 0.4) is 0 Å². The van der Waals surface area contributed by atoms with Gasteiger partial charge in [0.05, 0.1) is 19.3 Å². The molecule has 0 radical (unpaired) electrons. The Balaban J connectivity index is 1.85. The van der Waals surface area contributed by atoms with Crippen LogP contribution < -0.4 is 4.74 Å². The molecule has 1 atom stereocenters. The van der Waals surface area contributed by atoms with E-state index in [0.29, 0.717) is 21.9 Å². The summed E-state index contributed by atoms with van der Waals surface area (Å²) in [5, 5.41) is 2.32. The molecule has 0 aliphatic carbocycles. The van der Waals surface area contributed by atoms with E-state index in [1.807, 2.05) is 36.4 Å². The van der Waals surface area contributed by atoms with Gasteiger partial charge in [0.1, 0.15) is 17.9 Å². The fourth-order valence-corrected chi connectivity index (χ4v) is 3.65. The number of benzene rings is 2.